The van der Waals surface area contributed by atoms with Crippen LogP contribution in [0.15, 0.2) is 6.20 Å². The zero-order chi connectivity index (χ0) is 19.5. The Hall–Kier alpha value is -2.17. The van der Waals surface area contributed by atoms with Crippen molar-refractivity contribution < 1.29 is 19.4 Å². The number of nitrogens with one attached hydrogen (secondary N) is 1. The number of piperidine rings is 1. The second kappa shape index (κ2) is 8.46. The maximum atomic E-state index is 12.6. The van der Waals surface area contributed by atoms with Gasteiger partial charge in [0.15, 0.2) is 10.9 Å². The molecule has 0 aliphatic carbocycles. The second-order valence-electron chi connectivity index (χ2n) is 6.99. The zero-order valence-electron chi connectivity index (χ0n) is 15.9. The van der Waals surface area contributed by atoms with Crippen LogP contribution < -0.4 is 15.0 Å². The van der Waals surface area contributed by atoms with Gasteiger partial charge in [0, 0.05) is 32.8 Å². The lowest BCUT2D eigenvalue weighted by molar-refractivity contribution is 0.122. The number of aromatic nitrogens is 2. The predicted octanol–water partition coefficient (Wildman–Crippen LogP) is 1.77. The molecule has 2 aromatic heterocycles. The van der Waals surface area contributed by atoms with Crippen molar-refractivity contribution in [3.8, 4) is 5.75 Å². The Morgan fingerprint density at radius 1 is 1.36 bits per heavy atom. The summed E-state index contributed by atoms with van der Waals surface area (Å²) in [4.78, 5) is 25.7. The molecular formula is C18H25N5O4S. The number of anilines is 2. The number of hydrogen-bond donors (Lipinski definition) is 2. The number of rotatable bonds is 4. The number of likely N-dealkylation sites (tertiary alicyclic amines) is 1. The van der Waals surface area contributed by atoms with Crippen molar-refractivity contribution in [2.24, 2.45) is 5.92 Å². The van der Waals surface area contributed by atoms with Crippen molar-refractivity contribution in [3.05, 3.63) is 6.20 Å². The lowest BCUT2D eigenvalue weighted by Crippen LogP contribution is -2.41. The largest absolute Gasteiger partial charge is 0.493 e. The van der Waals surface area contributed by atoms with Crippen LogP contribution in [0.1, 0.15) is 12.8 Å². The first-order chi connectivity index (χ1) is 13.7. The molecule has 28 heavy (non-hydrogen) atoms. The lowest BCUT2D eigenvalue weighted by atomic mass is 9.98. The van der Waals surface area contributed by atoms with Crippen LogP contribution in [0.4, 0.5) is 15.7 Å². The molecule has 0 saturated carbocycles. The predicted molar refractivity (Wildman–Crippen MR) is 107 cm³/mol. The highest BCUT2D eigenvalue weighted by atomic mass is 32.1. The molecule has 0 bridgehead atoms. The molecule has 0 radical (unpaired) electrons. The van der Waals surface area contributed by atoms with Gasteiger partial charge in [0.1, 0.15) is 16.0 Å². The quantitative estimate of drug-likeness (QED) is 0.797. The molecule has 9 nitrogen and oxygen atoms in total. The highest BCUT2D eigenvalue weighted by molar-refractivity contribution is 7.23. The molecule has 2 N–H and O–H groups in total. The Labute approximate surface area is 167 Å². The van der Waals surface area contributed by atoms with Crippen LogP contribution in [0.3, 0.4) is 0 Å². The number of amides is 2. The standard InChI is InChI=1S/C18H25N5O4S/c1-26-13-10-19-16(22-6-8-27-9-7-22)15-14(13)20-17(28-15)21-18(25)23-4-2-12(11-24)3-5-23/h10,12,24H,2-9,11H2,1H3,(H,20,21,25). The first-order valence-electron chi connectivity index (χ1n) is 9.52. The Morgan fingerprint density at radius 2 is 2.11 bits per heavy atom. The van der Waals surface area contributed by atoms with Crippen LogP contribution in [-0.2, 0) is 4.74 Å². The minimum absolute atomic E-state index is 0.157. The van der Waals surface area contributed by atoms with Gasteiger partial charge in [-0.25, -0.2) is 14.8 Å². The van der Waals surface area contributed by atoms with E-state index in [4.69, 9.17) is 9.47 Å². The number of ether oxygens (including phenoxy) is 2. The molecule has 4 heterocycles. The van der Waals surface area contributed by atoms with Gasteiger partial charge in [-0.1, -0.05) is 11.3 Å². The molecule has 2 amide bonds. The van der Waals surface area contributed by atoms with Crippen LogP contribution in [-0.4, -0.2) is 79.1 Å². The first kappa shape index (κ1) is 19.2. The summed E-state index contributed by atoms with van der Waals surface area (Å²) in [6.45, 7) is 4.35. The fourth-order valence-corrected chi connectivity index (χ4v) is 4.56. The number of pyridine rings is 1. The zero-order valence-corrected chi connectivity index (χ0v) is 16.7. The molecule has 4 rings (SSSR count). The molecule has 152 valence electrons. The van der Waals surface area contributed by atoms with E-state index in [1.54, 1.807) is 18.2 Å². The van der Waals surface area contributed by atoms with Gasteiger partial charge >= 0.3 is 6.03 Å². The van der Waals surface area contributed by atoms with Gasteiger partial charge in [0.2, 0.25) is 0 Å². The second-order valence-corrected chi connectivity index (χ2v) is 7.99. The number of thiazole rings is 1. The summed E-state index contributed by atoms with van der Waals surface area (Å²) in [5.74, 6) is 1.73. The summed E-state index contributed by atoms with van der Waals surface area (Å²) in [5.41, 5.74) is 0.707. The topological polar surface area (TPSA) is 100 Å². The molecule has 2 aliphatic rings. The number of urea groups is 1. The number of carbonyl (C=O) groups excluding carboxylic acids is 1. The van der Waals surface area contributed by atoms with Crippen molar-refractivity contribution in [1.29, 1.82) is 0 Å². The highest BCUT2D eigenvalue weighted by Crippen LogP contribution is 2.38. The Morgan fingerprint density at radius 3 is 2.79 bits per heavy atom. The normalized spacial score (nSPS) is 18.5. The smallest absolute Gasteiger partial charge is 0.323 e. The van der Waals surface area contributed by atoms with Crippen LogP contribution in [0.25, 0.3) is 10.2 Å². The number of nitrogens with zero attached hydrogens (tertiary/aromatic N) is 4. The van der Waals surface area contributed by atoms with E-state index in [1.165, 1.54) is 11.3 Å². The maximum Gasteiger partial charge on any atom is 0.323 e. The third kappa shape index (κ3) is 3.85. The molecule has 2 aliphatic heterocycles. The van der Waals surface area contributed by atoms with Crippen molar-refractivity contribution >= 4 is 38.5 Å². The molecule has 2 saturated heterocycles. The van der Waals surface area contributed by atoms with Gasteiger partial charge in [0.25, 0.3) is 0 Å². The lowest BCUT2D eigenvalue weighted by Gasteiger charge is -2.30. The van der Waals surface area contributed by atoms with Crippen LogP contribution in [0.2, 0.25) is 0 Å². The number of methoxy groups -OCH3 is 1. The van der Waals surface area contributed by atoms with E-state index in [9.17, 15) is 9.90 Å². The van der Waals surface area contributed by atoms with E-state index in [2.05, 4.69) is 20.2 Å². The van der Waals surface area contributed by atoms with E-state index in [0.717, 1.165) is 36.4 Å². The van der Waals surface area contributed by atoms with Gasteiger partial charge in [-0.15, -0.1) is 0 Å². The van der Waals surface area contributed by atoms with Crippen LogP contribution >= 0.6 is 11.3 Å². The SMILES string of the molecule is COc1cnc(N2CCOCC2)c2sc(NC(=O)N3CCC(CO)CC3)nc12. The fraction of sp³-hybridized carbons (Fsp3) is 0.611. The van der Waals surface area contributed by atoms with E-state index in [0.29, 0.717) is 42.7 Å². The van der Waals surface area contributed by atoms with Crippen molar-refractivity contribution in [2.45, 2.75) is 12.8 Å². The number of aliphatic hydroxyl groups excluding tert-OH is 1. The Bertz CT molecular complexity index is 831. The average molecular weight is 407 g/mol. The van der Waals surface area contributed by atoms with Crippen molar-refractivity contribution in [2.75, 3.05) is 63.3 Å². The Balaban J connectivity index is 1.55. The Kier molecular flexibility index (Phi) is 5.79. The maximum absolute atomic E-state index is 12.6. The third-order valence-corrected chi connectivity index (χ3v) is 6.24. The monoisotopic (exact) mass is 407 g/mol. The number of hydrogen-bond acceptors (Lipinski definition) is 8. The molecule has 10 heteroatoms. The number of aliphatic hydroxyl groups is 1. The van der Waals surface area contributed by atoms with Crippen LogP contribution in [0, 0.1) is 5.92 Å². The van der Waals surface area contributed by atoms with Gasteiger partial charge in [-0.2, -0.15) is 0 Å². The van der Waals surface area contributed by atoms with E-state index in [1.807, 2.05) is 0 Å². The van der Waals surface area contributed by atoms with E-state index in [-0.39, 0.29) is 18.6 Å². The molecule has 0 spiro atoms. The van der Waals surface area contributed by atoms with Crippen LogP contribution in [0.5, 0.6) is 5.75 Å². The summed E-state index contributed by atoms with van der Waals surface area (Å²) in [6.07, 6.45) is 3.32. The fourth-order valence-electron chi connectivity index (χ4n) is 3.57. The summed E-state index contributed by atoms with van der Waals surface area (Å²) < 4.78 is 11.8. The van der Waals surface area contributed by atoms with E-state index < -0.39 is 0 Å². The first-order valence-corrected chi connectivity index (χ1v) is 10.3. The van der Waals surface area contributed by atoms with Crippen molar-refractivity contribution in [1.82, 2.24) is 14.9 Å². The highest BCUT2D eigenvalue weighted by Gasteiger charge is 2.25. The van der Waals surface area contributed by atoms with Crippen molar-refractivity contribution in [3.63, 3.8) is 0 Å². The molecule has 0 aromatic carbocycles. The number of carbonyl (C=O) groups is 1. The van der Waals surface area contributed by atoms with Gasteiger partial charge in [-0.3, -0.25) is 5.32 Å². The van der Waals surface area contributed by atoms with Gasteiger partial charge < -0.3 is 24.4 Å². The minimum Gasteiger partial charge on any atom is -0.493 e. The average Bonchev–Trinajstić information content (AvgIpc) is 3.17. The number of fused-ring (bicyclic) bond motifs is 1. The minimum atomic E-state index is -0.157. The molecule has 2 aromatic rings. The summed E-state index contributed by atoms with van der Waals surface area (Å²) in [6, 6.07) is -0.157. The molecule has 0 atom stereocenters. The summed E-state index contributed by atoms with van der Waals surface area (Å²) in [7, 11) is 1.59. The molecule has 2 fully saturated rings. The van der Waals surface area contributed by atoms with Gasteiger partial charge in [-0.05, 0) is 18.8 Å². The third-order valence-electron chi connectivity index (χ3n) is 5.27. The van der Waals surface area contributed by atoms with E-state index >= 15 is 0 Å². The number of morpholine rings is 1. The summed E-state index contributed by atoms with van der Waals surface area (Å²) in [5, 5.41) is 12.7. The van der Waals surface area contributed by atoms with Gasteiger partial charge in [0.05, 0.1) is 26.5 Å². The summed E-state index contributed by atoms with van der Waals surface area (Å²) >= 11 is 1.41. The molecule has 0 unspecified atom stereocenters. The molecular weight excluding hydrogens is 382 g/mol.